The average Bonchev–Trinajstić information content (AvgIpc) is 3.31. The first-order chi connectivity index (χ1) is 20.6. The molecule has 1 aliphatic rings. The van der Waals surface area contributed by atoms with Gasteiger partial charge < -0.3 is 9.47 Å². The Balaban J connectivity index is 1.81. The van der Waals surface area contributed by atoms with Crippen LogP contribution in [0.1, 0.15) is 85.9 Å². The fourth-order valence-corrected chi connectivity index (χ4v) is 6.45. The minimum Gasteiger partial charge on any atom is -0.496 e. The summed E-state index contributed by atoms with van der Waals surface area (Å²) >= 11 is 1.33. The van der Waals surface area contributed by atoms with Crippen molar-refractivity contribution in [3.8, 4) is 5.75 Å². The number of methoxy groups -OCH3 is 1. The summed E-state index contributed by atoms with van der Waals surface area (Å²) in [7, 11) is 1.68. The van der Waals surface area contributed by atoms with Gasteiger partial charge in [0.25, 0.3) is 5.56 Å². The fourth-order valence-electron chi connectivity index (χ4n) is 5.46. The number of thiazole rings is 1. The topological polar surface area (TPSA) is 69.9 Å². The van der Waals surface area contributed by atoms with Crippen LogP contribution in [0, 0.1) is 6.92 Å². The molecule has 6 nitrogen and oxygen atoms in total. The van der Waals surface area contributed by atoms with E-state index in [2.05, 4.69) is 45.9 Å². The molecule has 5 rings (SSSR count). The highest BCUT2D eigenvalue weighted by atomic mass is 32.1. The number of hydrogen-bond donors (Lipinski definition) is 0. The molecule has 0 bridgehead atoms. The molecule has 0 unspecified atom stereocenters. The molecular formula is C36H38N2O4S. The lowest BCUT2D eigenvalue weighted by atomic mass is 9.91. The molecule has 0 saturated carbocycles. The van der Waals surface area contributed by atoms with E-state index in [1.54, 1.807) is 18.6 Å². The van der Waals surface area contributed by atoms with E-state index in [9.17, 15) is 9.59 Å². The fraction of sp³-hybridized carbons (Fsp3) is 0.306. The molecule has 3 aromatic carbocycles. The van der Waals surface area contributed by atoms with Crippen LogP contribution in [0.25, 0.3) is 11.8 Å². The van der Waals surface area contributed by atoms with Gasteiger partial charge in [0.1, 0.15) is 5.75 Å². The Labute approximate surface area is 256 Å². The van der Waals surface area contributed by atoms with Gasteiger partial charge in [-0.1, -0.05) is 93.6 Å². The standard InChI is InChI=1S/C36H38N2O4S/c1-8-42-35(40)31-32(25-12-10-9-11-13-25)37-36-38(33(31)26-16-14-24(15-17-26)21(2)3)34(39)30(43-36)20-27-19-28(22(4)5)29(41-7)18-23(27)6/h9-22,33H,8H2,1-7H3/b30-20+/t33-/m1/s1. The van der Waals surface area contributed by atoms with Gasteiger partial charge in [-0.15, -0.1) is 0 Å². The van der Waals surface area contributed by atoms with Gasteiger partial charge in [0.15, 0.2) is 4.80 Å². The summed E-state index contributed by atoms with van der Waals surface area (Å²) in [6, 6.07) is 21.2. The normalized spacial score (nSPS) is 15.1. The molecular weight excluding hydrogens is 556 g/mol. The van der Waals surface area contributed by atoms with E-state index in [1.807, 2.05) is 61.5 Å². The lowest BCUT2D eigenvalue weighted by Crippen LogP contribution is -2.40. The maximum atomic E-state index is 14.3. The summed E-state index contributed by atoms with van der Waals surface area (Å²) in [6.07, 6.45) is 1.93. The Morgan fingerprint density at radius 3 is 2.33 bits per heavy atom. The molecule has 0 amide bonds. The van der Waals surface area contributed by atoms with Crippen molar-refractivity contribution < 1.29 is 14.3 Å². The average molecular weight is 595 g/mol. The number of carbonyl (C=O) groups excluding carboxylic acids is 1. The Morgan fingerprint density at radius 1 is 1.02 bits per heavy atom. The summed E-state index contributed by atoms with van der Waals surface area (Å²) < 4.78 is 13.4. The zero-order valence-corrected chi connectivity index (χ0v) is 26.6. The highest BCUT2D eigenvalue weighted by molar-refractivity contribution is 7.07. The van der Waals surface area contributed by atoms with Crippen molar-refractivity contribution in [2.24, 2.45) is 4.99 Å². The Kier molecular flexibility index (Phi) is 8.83. The summed E-state index contributed by atoms with van der Waals surface area (Å²) in [4.78, 5) is 33.5. The van der Waals surface area contributed by atoms with Crippen LogP contribution in [0.15, 0.2) is 82.1 Å². The van der Waals surface area contributed by atoms with Gasteiger partial charge in [0.2, 0.25) is 0 Å². The third-order valence-corrected chi connectivity index (χ3v) is 8.80. The summed E-state index contributed by atoms with van der Waals surface area (Å²) in [5.74, 6) is 0.949. The SMILES string of the molecule is CCOC(=O)C1=C(c2ccccc2)N=c2s/c(=C/c3cc(C(C)C)c(OC)cc3C)c(=O)n2[C@@H]1c1ccc(C(C)C)cc1. The number of ether oxygens (including phenoxy) is 2. The molecule has 7 heteroatoms. The summed E-state index contributed by atoms with van der Waals surface area (Å²) in [5.41, 5.74) is 6.50. The van der Waals surface area contributed by atoms with E-state index in [1.165, 1.54) is 16.9 Å². The minimum atomic E-state index is -0.697. The number of aryl methyl sites for hydroxylation is 1. The van der Waals surface area contributed by atoms with E-state index < -0.39 is 12.0 Å². The van der Waals surface area contributed by atoms with Gasteiger partial charge in [-0.05, 0) is 71.7 Å². The summed E-state index contributed by atoms with van der Waals surface area (Å²) in [5, 5.41) is 0. The van der Waals surface area contributed by atoms with Crippen molar-refractivity contribution in [3.63, 3.8) is 0 Å². The molecule has 1 aromatic heterocycles. The quantitative estimate of drug-likeness (QED) is 0.219. The van der Waals surface area contributed by atoms with E-state index in [0.29, 0.717) is 26.5 Å². The molecule has 0 spiro atoms. The summed E-state index contributed by atoms with van der Waals surface area (Å²) in [6.45, 7) is 12.5. The van der Waals surface area contributed by atoms with Crippen LogP contribution in [-0.4, -0.2) is 24.3 Å². The second-order valence-corrected chi connectivity index (χ2v) is 12.4. The van der Waals surface area contributed by atoms with Gasteiger partial charge >= 0.3 is 5.97 Å². The number of benzene rings is 3. The molecule has 1 aliphatic heterocycles. The van der Waals surface area contributed by atoms with Crippen LogP contribution in [-0.2, 0) is 9.53 Å². The minimum absolute atomic E-state index is 0.197. The first kappa shape index (κ1) is 30.2. The van der Waals surface area contributed by atoms with Crippen molar-refractivity contribution in [2.75, 3.05) is 13.7 Å². The van der Waals surface area contributed by atoms with Crippen molar-refractivity contribution in [1.82, 2.24) is 4.57 Å². The Hall–Kier alpha value is -4.23. The molecule has 43 heavy (non-hydrogen) atoms. The molecule has 0 aliphatic carbocycles. The van der Waals surface area contributed by atoms with Crippen LogP contribution < -0.4 is 19.6 Å². The lowest BCUT2D eigenvalue weighted by Gasteiger charge is -2.26. The Bertz CT molecular complexity index is 1860. The third kappa shape index (κ3) is 5.87. The molecule has 0 radical (unpaired) electrons. The van der Waals surface area contributed by atoms with Gasteiger partial charge in [-0.2, -0.15) is 0 Å². The van der Waals surface area contributed by atoms with Crippen LogP contribution in [0.3, 0.4) is 0 Å². The monoisotopic (exact) mass is 594 g/mol. The van der Waals surface area contributed by atoms with Crippen molar-refractivity contribution in [3.05, 3.63) is 125 Å². The zero-order chi connectivity index (χ0) is 30.8. The van der Waals surface area contributed by atoms with Crippen molar-refractivity contribution >= 4 is 29.1 Å². The van der Waals surface area contributed by atoms with E-state index in [4.69, 9.17) is 14.5 Å². The molecule has 0 saturated heterocycles. The van der Waals surface area contributed by atoms with E-state index in [0.717, 1.165) is 33.6 Å². The maximum Gasteiger partial charge on any atom is 0.338 e. The van der Waals surface area contributed by atoms with Crippen molar-refractivity contribution in [2.45, 2.75) is 59.4 Å². The smallest absolute Gasteiger partial charge is 0.338 e. The lowest BCUT2D eigenvalue weighted by molar-refractivity contribution is -0.138. The third-order valence-electron chi connectivity index (χ3n) is 7.82. The second-order valence-electron chi connectivity index (χ2n) is 11.4. The van der Waals surface area contributed by atoms with Gasteiger partial charge in [0.05, 0.1) is 35.6 Å². The Morgan fingerprint density at radius 2 is 1.72 bits per heavy atom. The molecule has 4 aromatic rings. The van der Waals surface area contributed by atoms with Gasteiger partial charge in [0, 0.05) is 5.56 Å². The number of carbonyl (C=O) groups is 1. The van der Waals surface area contributed by atoms with E-state index in [-0.39, 0.29) is 18.1 Å². The highest BCUT2D eigenvalue weighted by Gasteiger charge is 2.35. The van der Waals surface area contributed by atoms with Crippen LogP contribution in [0.5, 0.6) is 5.75 Å². The van der Waals surface area contributed by atoms with E-state index >= 15 is 0 Å². The van der Waals surface area contributed by atoms with Crippen LogP contribution >= 0.6 is 11.3 Å². The van der Waals surface area contributed by atoms with Crippen molar-refractivity contribution in [1.29, 1.82) is 0 Å². The first-order valence-electron chi connectivity index (χ1n) is 14.7. The number of aromatic nitrogens is 1. The van der Waals surface area contributed by atoms with Gasteiger partial charge in [-0.25, -0.2) is 9.79 Å². The predicted molar refractivity (Wildman–Crippen MR) is 173 cm³/mol. The maximum absolute atomic E-state index is 14.3. The zero-order valence-electron chi connectivity index (χ0n) is 25.8. The molecule has 222 valence electrons. The molecule has 0 N–H and O–H groups in total. The van der Waals surface area contributed by atoms with Gasteiger partial charge in [-0.3, -0.25) is 9.36 Å². The number of rotatable bonds is 8. The highest BCUT2D eigenvalue weighted by Crippen LogP contribution is 2.36. The number of esters is 1. The number of nitrogens with zero attached hydrogens (tertiary/aromatic N) is 2. The van der Waals surface area contributed by atoms with Crippen LogP contribution in [0.4, 0.5) is 0 Å². The first-order valence-corrected chi connectivity index (χ1v) is 15.5. The largest absolute Gasteiger partial charge is 0.496 e. The molecule has 2 heterocycles. The number of fused-ring (bicyclic) bond motifs is 1. The second kappa shape index (κ2) is 12.6. The molecule has 1 atom stereocenters. The predicted octanol–water partition coefficient (Wildman–Crippen LogP) is 6.50. The van der Waals surface area contributed by atoms with Crippen LogP contribution in [0.2, 0.25) is 0 Å². The molecule has 0 fully saturated rings. The number of hydrogen-bond acceptors (Lipinski definition) is 6.